The Labute approximate surface area is 104 Å². The number of hydrogen-bond acceptors (Lipinski definition) is 2. The molecule has 0 aromatic heterocycles. The Bertz CT molecular complexity index is 358. The quantitative estimate of drug-likeness (QED) is 0.813. The molecule has 1 aliphatic rings. The molecule has 1 aromatic carbocycles. The molecule has 0 heterocycles. The molecule has 2 heteroatoms. The van der Waals surface area contributed by atoms with Crippen LogP contribution in [0.25, 0.3) is 0 Å². The Balaban J connectivity index is 2.03. The molecule has 1 N–H and O–H groups in total. The third-order valence-corrected chi connectivity index (χ3v) is 3.31. The van der Waals surface area contributed by atoms with Gasteiger partial charge in [-0.05, 0) is 42.9 Å². The first-order valence-corrected chi connectivity index (χ1v) is 6.65. The molecule has 2 atom stereocenters. The summed E-state index contributed by atoms with van der Waals surface area (Å²) in [5.41, 5.74) is 0.976. The predicted octanol–water partition coefficient (Wildman–Crippen LogP) is 3.70. The Morgan fingerprint density at radius 3 is 2.82 bits per heavy atom. The van der Waals surface area contributed by atoms with E-state index in [0.717, 1.165) is 24.2 Å². The largest absolute Gasteiger partial charge is 0.490 e. The Morgan fingerprint density at radius 2 is 2.18 bits per heavy atom. The second kappa shape index (κ2) is 5.54. The van der Waals surface area contributed by atoms with E-state index >= 15 is 0 Å². The van der Waals surface area contributed by atoms with Gasteiger partial charge in [-0.25, -0.2) is 0 Å². The van der Waals surface area contributed by atoms with Gasteiger partial charge in [0.2, 0.25) is 0 Å². The smallest absolute Gasteiger partial charge is 0.120 e. The molecule has 0 spiro atoms. The van der Waals surface area contributed by atoms with Crippen LogP contribution in [0.2, 0.25) is 0 Å². The summed E-state index contributed by atoms with van der Waals surface area (Å²) >= 11 is 0. The van der Waals surface area contributed by atoms with Crippen LogP contribution in [0.4, 0.5) is 0 Å². The average Bonchev–Trinajstić information content (AvgIpc) is 3.12. The van der Waals surface area contributed by atoms with Gasteiger partial charge in [-0.3, -0.25) is 0 Å². The topological polar surface area (TPSA) is 29.5 Å². The first kappa shape index (κ1) is 12.4. The summed E-state index contributed by atoms with van der Waals surface area (Å²) in [6.45, 7) is 4.25. The van der Waals surface area contributed by atoms with Crippen LogP contribution in [0.5, 0.6) is 5.75 Å². The highest BCUT2D eigenvalue weighted by Crippen LogP contribution is 2.31. The average molecular weight is 234 g/mol. The minimum Gasteiger partial charge on any atom is -0.490 e. The van der Waals surface area contributed by atoms with Crippen molar-refractivity contribution in [1.29, 1.82) is 0 Å². The molecule has 0 amide bonds. The Hall–Kier alpha value is -1.02. The van der Waals surface area contributed by atoms with E-state index in [0.29, 0.717) is 12.0 Å². The second-order valence-corrected chi connectivity index (χ2v) is 5.10. The summed E-state index contributed by atoms with van der Waals surface area (Å²) in [5, 5.41) is 10.2. The van der Waals surface area contributed by atoms with Crippen LogP contribution >= 0.6 is 0 Å². The summed E-state index contributed by atoms with van der Waals surface area (Å²) < 4.78 is 5.74. The number of hydrogen-bond donors (Lipinski definition) is 1. The first-order chi connectivity index (χ1) is 8.20. The van der Waals surface area contributed by atoms with Crippen LogP contribution in [0.1, 0.15) is 51.2 Å². The van der Waals surface area contributed by atoms with Crippen LogP contribution in [0.3, 0.4) is 0 Å². The molecule has 1 aromatic rings. The Morgan fingerprint density at radius 1 is 1.41 bits per heavy atom. The van der Waals surface area contributed by atoms with Crippen molar-refractivity contribution in [2.75, 3.05) is 0 Å². The van der Waals surface area contributed by atoms with E-state index in [4.69, 9.17) is 4.74 Å². The maximum atomic E-state index is 10.2. The van der Waals surface area contributed by atoms with Crippen LogP contribution in [-0.4, -0.2) is 11.2 Å². The van der Waals surface area contributed by atoms with Crippen molar-refractivity contribution in [3.8, 4) is 5.75 Å². The fourth-order valence-electron chi connectivity index (χ4n) is 2.09. The van der Waals surface area contributed by atoms with Gasteiger partial charge >= 0.3 is 0 Å². The van der Waals surface area contributed by atoms with Crippen molar-refractivity contribution in [3.05, 3.63) is 29.8 Å². The number of ether oxygens (including phenoxy) is 1. The molecular weight excluding hydrogens is 212 g/mol. The molecule has 17 heavy (non-hydrogen) atoms. The number of aliphatic hydroxyl groups excluding tert-OH is 1. The van der Waals surface area contributed by atoms with Crippen LogP contribution in [-0.2, 0) is 0 Å². The van der Waals surface area contributed by atoms with E-state index < -0.39 is 0 Å². The standard InChI is InChI=1S/C15H22O2/c1-3-5-11(2)15(16)12-6-4-7-14(10-12)17-13-8-9-13/h4,6-7,10-11,13,15-16H,3,5,8-9H2,1-2H3. The van der Waals surface area contributed by atoms with Gasteiger partial charge in [0.25, 0.3) is 0 Å². The third kappa shape index (κ3) is 3.47. The molecule has 94 valence electrons. The van der Waals surface area contributed by atoms with E-state index in [2.05, 4.69) is 13.8 Å². The van der Waals surface area contributed by atoms with Crippen molar-refractivity contribution in [2.24, 2.45) is 5.92 Å². The minimum absolute atomic E-state index is 0.302. The summed E-state index contributed by atoms with van der Waals surface area (Å²) in [6.07, 6.45) is 4.52. The van der Waals surface area contributed by atoms with Gasteiger partial charge in [0.15, 0.2) is 0 Å². The van der Waals surface area contributed by atoms with Crippen LogP contribution in [0, 0.1) is 5.92 Å². The van der Waals surface area contributed by atoms with E-state index in [-0.39, 0.29) is 6.10 Å². The molecule has 0 radical (unpaired) electrons. The summed E-state index contributed by atoms with van der Waals surface area (Å²) in [6, 6.07) is 7.90. The van der Waals surface area contributed by atoms with Gasteiger partial charge in [0.05, 0.1) is 12.2 Å². The zero-order chi connectivity index (χ0) is 12.3. The second-order valence-electron chi connectivity index (χ2n) is 5.10. The fourth-order valence-corrected chi connectivity index (χ4v) is 2.09. The van der Waals surface area contributed by atoms with Gasteiger partial charge < -0.3 is 9.84 Å². The SMILES string of the molecule is CCCC(C)C(O)c1cccc(OC2CC2)c1. The summed E-state index contributed by atoms with van der Waals surface area (Å²) in [4.78, 5) is 0. The summed E-state index contributed by atoms with van der Waals surface area (Å²) in [5.74, 6) is 1.20. The lowest BCUT2D eigenvalue weighted by molar-refractivity contribution is 0.112. The summed E-state index contributed by atoms with van der Waals surface area (Å²) in [7, 11) is 0. The molecule has 2 unspecified atom stereocenters. The molecule has 1 fully saturated rings. The third-order valence-electron chi connectivity index (χ3n) is 3.31. The highest BCUT2D eigenvalue weighted by atomic mass is 16.5. The molecule has 2 nitrogen and oxygen atoms in total. The lowest BCUT2D eigenvalue weighted by Gasteiger charge is -2.19. The Kier molecular flexibility index (Phi) is 4.06. The van der Waals surface area contributed by atoms with Crippen molar-refractivity contribution in [3.63, 3.8) is 0 Å². The van der Waals surface area contributed by atoms with Gasteiger partial charge in [-0.2, -0.15) is 0 Å². The maximum Gasteiger partial charge on any atom is 0.120 e. The molecule has 0 aliphatic heterocycles. The molecule has 0 bridgehead atoms. The van der Waals surface area contributed by atoms with Gasteiger partial charge in [-0.15, -0.1) is 0 Å². The van der Waals surface area contributed by atoms with Crippen molar-refractivity contribution in [2.45, 2.75) is 51.7 Å². The van der Waals surface area contributed by atoms with E-state index in [1.54, 1.807) is 0 Å². The predicted molar refractivity (Wildman–Crippen MR) is 69.1 cm³/mol. The van der Waals surface area contributed by atoms with Gasteiger partial charge in [0, 0.05) is 0 Å². The van der Waals surface area contributed by atoms with E-state index in [9.17, 15) is 5.11 Å². The highest BCUT2D eigenvalue weighted by molar-refractivity contribution is 5.30. The maximum absolute atomic E-state index is 10.2. The van der Waals surface area contributed by atoms with Crippen molar-refractivity contribution in [1.82, 2.24) is 0 Å². The highest BCUT2D eigenvalue weighted by Gasteiger charge is 2.24. The van der Waals surface area contributed by atoms with E-state index in [1.165, 1.54) is 12.8 Å². The van der Waals surface area contributed by atoms with Crippen LogP contribution < -0.4 is 4.74 Å². The fraction of sp³-hybridized carbons (Fsp3) is 0.600. The van der Waals surface area contributed by atoms with E-state index in [1.807, 2.05) is 24.3 Å². The number of rotatable bonds is 6. The van der Waals surface area contributed by atoms with Gasteiger partial charge in [0.1, 0.15) is 5.75 Å². The van der Waals surface area contributed by atoms with Crippen LogP contribution in [0.15, 0.2) is 24.3 Å². The number of aliphatic hydroxyl groups is 1. The monoisotopic (exact) mass is 234 g/mol. The zero-order valence-corrected chi connectivity index (χ0v) is 10.7. The van der Waals surface area contributed by atoms with Crippen molar-refractivity contribution < 1.29 is 9.84 Å². The normalized spacial score (nSPS) is 18.8. The molecule has 2 rings (SSSR count). The molecule has 1 saturated carbocycles. The van der Waals surface area contributed by atoms with Gasteiger partial charge in [-0.1, -0.05) is 32.4 Å². The molecule has 0 saturated heterocycles. The number of benzene rings is 1. The zero-order valence-electron chi connectivity index (χ0n) is 10.7. The molecular formula is C15H22O2. The minimum atomic E-state index is -0.377. The van der Waals surface area contributed by atoms with Crippen molar-refractivity contribution >= 4 is 0 Å². The lowest BCUT2D eigenvalue weighted by atomic mass is 9.93. The molecule has 1 aliphatic carbocycles. The lowest BCUT2D eigenvalue weighted by Crippen LogP contribution is -2.09. The first-order valence-electron chi connectivity index (χ1n) is 6.65.